The predicted octanol–water partition coefficient (Wildman–Crippen LogP) is 2.76. The minimum atomic E-state index is -0.686. The van der Waals surface area contributed by atoms with Crippen molar-refractivity contribution in [2.75, 3.05) is 26.7 Å². The minimum absolute atomic E-state index is 0.0216. The first-order valence-electron chi connectivity index (χ1n) is 9.58. The molecule has 4 rings (SSSR count). The van der Waals surface area contributed by atoms with Crippen LogP contribution in [0.15, 0.2) is 36.5 Å². The highest BCUT2D eigenvalue weighted by Gasteiger charge is 2.42. The van der Waals surface area contributed by atoms with Gasteiger partial charge in [-0.05, 0) is 48.9 Å². The van der Waals surface area contributed by atoms with Crippen molar-refractivity contribution in [3.05, 3.63) is 48.0 Å². The Balaban J connectivity index is 1.32. The molecule has 2 aliphatic rings. The summed E-state index contributed by atoms with van der Waals surface area (Å²) < 4.78 is 25.3. The van der Waals surface area contributed by atoms with E-state index in [0.29, 0.717) is 29.8 Å². The third kappa shape index (κ3) is 3.91. The van der Waals surface area contributed by atoms with Gasteiger partial charge in [0.15, 0.2) is 17.3 Å². The van der Waals surface area contributed by atoms with Crippen LogP contribution >= 0.6 is 0 Å². The molecule has 4 atom stereocenters. The number of ether oxygens (including phenoxy) is 2. The van der Waals surface area contributed by atoms with Gasteiger partial charge in [-0.2, -0.15) is 0 Å². The van der Waals surface area contributed by atoms with E-state index in [9.17, 15) is 14.6 Å². The van der Waals surface area contributed by atoms with Crippen LogP contribution in [0, 0.1) is 17.7 Å². The third-order valence-corrected chi connectivity index (χ3v) is 5.76. The summed E-state index contributed by atoms with van der Waals surface area (Å²) >= 11 is 0. The first kappa shape index (κ1) is 19.0. The fourth-order valence-electron chi connectivity index (χ4n) is 4.45. The number of β-amino-alcohol motifs (C(OH)–C–C–N with tert-alkyl or cyclic N) is 1. The summed E-state index contributed by atoms with van der Waals surface area (Å²) in [5.41, 5.74) is 0.558. The van der Waals surface area contributed by atoms with Crippen LogP contribution in [0.3, 0.4) is 0 Å². The molecule has 2 heterocycles. The van der Waals surface area contributed by atoms with E-state index in [-0.39, 0.29) is 17.6 Å². The molecule has 28 heavy (non-hydrogen) atoms. The van der Waals surface area contributed by atoms with E-state index in [1.54, 1.807) is 18.2 Å². The normalized spacial score (nSPS) is 25.5. The Hall–Kier alpha value is -2.38. The van der Waals surface area contributed by atoms with E-state index in [1.165, 1.54) is 25.4 Å². The third-order valence-electron chi connectivity index (χ3n) is 5.76. The van der Waals surface area contributed by atoms with Crippen molar-refractivity contribution < 1.29 is 24.1 Å². The quantitative estimate of drug-likeness (QED) is 0.793. The van der Waals surface area contributed by atoms with Gasteiger partial charge in [-0.3, -0.25) is 9.88 Å². The molecule has 1 unspecified atom stereocenters. The van der Waals surface area contributed by atoms with Crippen molar-refractivity contribution in [2.24, 2.45) is 11.8 Å². The van der Waals surface area contributed by atoms with E-state index in [0.717, 1.165) is 25.9 Å². The number of likely N-dealkylation sites (tertiary alicyclic amines) is 1. The van der Waals surface area contributed by atoms with Crippen LogP contribution in [-0.4, -0.2) is 52.9 Å². The molecule has 0 bridgehead atoms. The number of para-hydroxylation sites is 1. The van der Waals surface area contributed by atoms with Gasteiger partial charge in [0.2, 0.25) is 0 Å². The van der Waals surface area contributed by atoms with Gasteiger partial charge in [0.05, 0.1) is 25.1 Å². The van der Waals surface area contributed by atoms with Gasteiger partial charge in [0, 0.05) is 19.6 Å². The largest absolute Gasteiger partial charge is 0.506 e. The van der Waals surface area contributed by atoms with E-state index >= 15 is 0 Å². The van der Waals surface area contributed by atoms with Gasteiger partial charge in [-0.1, -0.05) is 6.07 Å². The van der Waals surface area contributed by atoms with Crippen LogP contribution < -0.4 is 9.47 Å². The Morgan fingerprint density at radius 1 is 1.21 bits per heavy atom. The summed E-state index contributed by atoms with van der Waals surface area (Å²) in [6, 6.07) is 7.87. The summed E-state index contributed by atoms with van der Waals surface area (Å²) in [6.45, 7) is 2.28. The number of aromatic hydroxyl groups is 1. The number of aliphatic hydroxyl groups excluding tert-OH is 1. The molecule has 1 aliphatic heterocycles. The topological polar surface area (TPSA) is 75.1 Å². The molecule has 1 aliphatic carbocycles. The number of aromatic nitrogens is 1. The van der Waals surface area contributed by atoms with Crippen LogP contribution in [0.25, 0.3) is 0 Å². The van der Waals surface area contributed by atoms with Crippen LogP contribution in [0.2, 0.25) is 0 Å². The average molecular weight is 388 g/mol. The lowest BCUT2D eigenvalue weighted by molar-refractivity contribution is 0.112. The lowest BCUT2D eigenvalue weighted by Crippen LogP contribution is -2.29. The Morgan fingerprint density at radius 3 is 2.61 bits per heavy atom. The number of hydrogen-bond donors (Lipinski definition) is 2. The van der Waals surface area contributed by atoms with E-state index in [1.807, 2.05) is 0 Å². The number of nitrogens with zero attached hydrogens (tertiary/aromatic N) is 2. The molecule has 2 aromatic rings. The molecule has 0 spiro atoms. The lowest BCUT2D eigenvalue weighted by atomic mass is 10.0. The predicted molar refractivity (Wildman–Crippen MR) is 101 cm³/mol. The smallest absolute Gasteiger partial charge is 0.197 e. The molecule has 1 aromatic carbocycles. The molecule has 150 valence electrons. The van der Waals surface area contributed by atoms with Crippen molar-refractivity contribution in [3.8, 4) is 17.2 Å². The second-order valence-electron chi connectivity index (χ2n) is 7.68. The van der Waals surface area contributed by atoms with Crippen LogP contribution in [0.4, 0.5) is 4.39 Å². The fourth-order valence-corrected chi connectivity index (χ4v) is 4.45. The standard InChI is InChI=1S/C21H25FN2O4/c1-27-20-4-2-3-17(22)21(20)28-16-7-13-10-24(11-14(13)8-16)12-19(26)18-6-5-15(25)9-23-18/h2-6,9,13-14,16,19,25-26H,7-8,10-12H2,1H3/t13-,14+,16?,19-/m1/s1. The van der Waals surface area contributed by atoms with Crippen molar-refractivity contribution >= 4 is 0 Å². The highest BCUT2D eigenvalue weighted by atomic mass is 19.1. The Morgan fingerprint density at radius 2 is 1.96 bits per heavy atom. The molecule has 2 N–H and O–H groups in total. The first-order chi connectivity index (χ1) is 13.5. The molecule has 2 fully saturated rings. The molecule has 7 heteroatoms. The molecule has 1 aromatic heterocycles. The van der Waals surface area contributed by atoms with Crippen molar-refractivity contribution in [1.29, 1.82) is 0 Å². The number of methoxy groups -OCH3 is 1. The monoisotopic (exact) mass is 388 g/mol. The van der Waals surface area contributed by atoms with E-state index in [2.05, 4.69) is 9.88 Å². The second kappa shape index (κ2) is 7.93. The number of aliphatic hydroxyl groups is 1. The number of pyridine rings is 1. The van der Waals surface area contributed by atoms with Gasteiger partial charge in [0.1, 0.15) is 11.9 Å². The summed E-state index contributed by atoms with van der Waals surface area (Å²) in [7, 11) is 1.51. The molecule has 1 saturated carbocycles. The van der Waals surface area contributed by atoms with E-state index < -0.39 is 11.9 Å². The van der Waals surface area contributed by atoms with Gasteiger partial charge < -0.3 is 19.7 Å². The Labute approximate surface area is 163 Å². The maximum absolute atomic E-state index is 14.1. The SMILES string of the molecule is COc1cccc(F)c1OC1C[C@@H]2CN(C[C@@H](O)c3ccc(O)cn3)C[C@@H]2C1. The molecule has 6 nitrogen and oxygen atoms in total. The summed E-state index contributed by atoms with van der Waals surface area (Å²) in [4.78, 5) is 6.33. The number of halogens is 1. The second-order valence-corrected chi connectivity index (χ2v) is 7.68. The number of benzene rings is 1. The maximum Gasteiger partial charge on any atom is 0.197 e. The van der Waals surface area contributed by atoms with Gasteiger partial charge in [-0.25, -0.2) is 4.39 Å². The zero-order valence-electron chi connectivity index (χ0n) is 15.8. The van der Waals surface area contributed by atoms with Crippen molar-refractivity contribution in [3.63, 3.8) is 0 Å². The van der Waals surface area contributed by atoms with Crippen molar-refractivity contribution in [1.82, 2.24) is 9.88 Å². The summed E-state index contributed by atoms with van der Waals surface area (Å²) in [5.74, 6) is 1.25. The van der Waals surface area contributed by atoms with Crippen LogP contribution in [0.1, 0.15) is 24.6 Å². The maximum atomic E-state index is 14.1. The van der Waals surface area contributed by atoms with Crippen molar-refractivity contribution in [2.45, 2.75) is 25.0 Å². The number of fused-ring (bicyclic) bond motifs is 1. The molecule has 0 amide bonds. The van der Waals surface area contributed by atoms with Crippen LogP contribution in [-0.2, 0) is 0 Å². The number of hydrogen-bond acceptors (Lipinski definition) is 6. The van der Waals surface area contributed by atoms with Gasteiger partial charge in [0.25, 0.3) is 0 Å². The molecular formula is C21H25FN2O4. The average Bonchev–Trinajstić information content (AvgIpc) is 3.21. The molecular weight excluding hydrogens is 363 g/mol. The summed E-state index contributed by atoms with van der Waals surface area (Å²) in [5, 5.41) is 19.7. The first-order valence-corrected chi connectivity index (χ1v) is 9.58. The minimum Gasteiger partial charge on any atom is -0.506 e. The zero-order valence-corrected chi connectivity index (χ0v) is 15.8. The van der Waals surface area contributed by atoms with Gasteiger partial charge in [-0.15, -0.1) is 0 Å². The van der Waals surface area contributed by atoms with E-state index in [4.69, 9.17) is 9.47 Å². The lowest BCUT2D eigenvalue weighted by Gasteiger charge is -2.22. The highest BCUT2D eigenvalue weighted by Crippen LogP contribution is 2.42. The Bertz CT molecular complexity index is 803. The zero-order chi connectivity index (χ0) is 19.7. The molecule has 1 saturated heterocycles. The Kier molecular flexibility index (Phi) is 5.37. The van der Waals surface area contributed by atoms with Crippen LogP contribution in [0.5, 0.6) is 17.2 Å². The van der Waals surface area contributed by atoms with Gasteiger partial charge >= 0.3 is 0 Å². The fraction of sp³-hybridized carbons (Fsp3) is 0.476. The molecule has 0 radical (unpaired) electrons. The number of rotatable bonds is 6. The summed E-state index contributed by atoms with van der Waals surface area (Å²) in [6.07, 6.45) is 2.37. The highest BCUT2D eigenvalue weighted by molar-refractivity contribution is 5.41.